The van der Waals surface area contributed by atoms with Crippen molar-refractivity contribution in [1.29, 1.82) is 0 Å². The van der Waals surface area contributed by atoms with Crippen molar-refractivity contribution < 1.29 is 23.2 Å². The third-order valence-corrected chi connectivity index (χ3v) is 3.68. The molecule has 2 N–H and O–H groups in total. The molecule has 0 spiro atoms. The van der Waals surface area contributed by atoms with Crippen LogP contribution >= 0.6 is 0 Å². The van der Waals surface area contributed by atoms with E-state index in [-0.39, 0.29) is 22.9 Å². The molecule has 0 heterocycles. The largest absolute Gasteiger partial charge is 0.495 e. The molecule has 0 fully saturated rings. The van der Waals surface area contributed by atoms with E-state index in [0.717, 1.165) is 18.2 Å². The van der Waals surface area contributed by atoms with Crippen molar-refractivity contribution in [1.82, 2.24) is 4.72 Å². The lowest BCUT2D eigenvalue weighted by Gasteiger charge is -2.11. The second-order valence-electron chi connectivity index (χ2n) is 3.79. The van der Waals surface area contributed by atoms with Crippen LogP contribution in [0.15, 0.2) is 23.1 Å². The second kappa shape index (κ2) is 5.95. The Morgan fingerprint density at radius 3 is 2.63 bits per heavy atom. The number of nitrogens with one attached hydrogen (secondary N) is 1. The molecular weight excluding hydrogens is 276 g/mol. The molecule has 0 amide bonds. The fraction of sp³-hybridized carbons (Fsp3) is 0.400. The highest BCUT2D eigenvalue weighted by Crippen LogP contribution is 2.28. The molecule has 106 valence electrons. The van der Waals surface area contributed by atoms with E-state index in [1.807, 2.05) is 0 Å². The van der Waals surface area contributed by atoms with Gasteiger partial charge in [-0.15, -0.1) is 0 Å². The Kier molecular flexibility index (Phi) is 4.81. The maximum absolute atomic E-state index is 11.9. The Morgan fingerprint density at radius 2 is 2.16 bits per heavy atom. The number of non-ortho nitro benzene ring substituents is 1. The molecule has 8 nitrogen and oxygen atoms in total. The van der Waals surface area contributed by atoms with Crippen molar-refractivity contribution >= 4 is 15.7 Å². The summed E-state index contributed by atoms with van der Waals surface area (Å²) >= 11 is 0. The molecule has 0 saturated carbocycles. The van der Waals surface area contributed by atoms with Gasteiger partial charge in [0, 0.05) is 12.6 Å². The van der Waals surface area contributed by atoms with E-state index in [4.69, 9.17) is 9.84 Å². The van der Waals surface area contributed by atoms with E-state index < -0.39 is 21.1 Å². The molecule has 0 saturated heterocycles. The predicted molar refractivity (Wildman–Crippen MR) is 66.5 cm³/mol. The van der Waals surface area contributed by atoms with Gasteiger partial charge in [0.2, 0.25) is 10.0 Å². The summed E-state index contributed by atoms with van der Waals surface area (Å²) in [5, 5.41) is 19.7. The lowest BCUT2D eigenvalue weighted by molar-refractivity contribution is -0.385. The zero-order chi connectivity index (χ0) is 14.6. The van der Waals surface area contributed by atoms with Crippen molar-refractivity contribution in [3.63, 3.8) is 0 Å². The Balaban J connectivity index is 3.16. The number of aliphatic hydroxyl groups is 1. The molecule has 9 heteroatoms. The minimum atomic E-state index is -3.90. The van der Waals surface area contributed by atoms with Crippen LogP contribution < -0.4 is 9.46 Å². The predicted octanol–water partition coefficient (Wildman–Crippen LogP) is 0.263. The van der Waals surface area contributed by atoms with Gasteiger partial charge in [-0.1, -0.05) is 0 Å². The van der Waals surface area contributed by atoms with Crippen LogP contribution in [0.5, 0.6) is 5.75 Å². The number of benzene rings is 1. The lowest BCUT2D eigenvalue weighted by atomic mass is 10.3. The first-order chi connectivity index (χ1) is 8.77. The zero-order valence-corrected chi connectivity index (χ0v) is 11.2. The van der Waals surface area contributed by atoms with E-state index in [9.17, 15) is 18.5 Å². The average molecular weight is 290 g/mol. The fourth-order valence-electron chi connectivity index (χ4n) is 1.30. The summed E-state index contributed by atoms with van der Waals surface area (Å²) in [6, 6.07) is 3.18. The van der Waals surface area contributed by atoms with Gasteiger partial charge < -0.3 is 9.84 Å². The van der Waals surface area contributed by atoms with Crippen LogP contribution in [0.4, 0.5) is 5.69 Å². The number of hydrogen-bond acceptors (Lipinski definition) is 6. The Bertz CT molecular complexity index is 569. The first-order valence-corrected chi connectivity index (χ1v) is 6.76. The highest BCUT2D eigenvalue weighted by molar-refractivity contribution is 7.89. The monoisotopic (exact) mass is 290 g/mol. The Labute approximate surface area is 110 Å². The normalized spacial score (nSPS) is 13.0. The van der Waals surface area contributed by atoms with Crippen molar-refractivity contribution in [3.8, 4) is 5.75 Å². The third kappa shape index (κ3) is 3.88. The number of ether oxygens (including phenoxy) is 1. The molecule has 1 aromatic carbocycles. The molecule has 19 heavy (non-hydrogen) atoms. The van der Waals surface area contributed by atoms with Gasteiger partial charge >= 0.3 is 0 Å². The summed E-state index contributed by atoms with van der Waals surface area (Å²) < 4.78 is 30.9. The summed E-state index contributed by atoms with van der Waals surface area (Å²) in [4.78, 5) is 9.73. The minimum Gasteiger partial charge on any atom is -0.495 e. The van der Waals surface area contributed by atoms with Crippen LogP contribution in [0, 0.1) is 10.1 Å². The summed E-state index contributed by atoms with van der Waals surface area (Å²) in [6.45, 7) is 1.26. The standard InChI is InChI=1S/C10H14N2O6S/c1-7(13)6-11-19(16,17)10-4-3-8(12(14)15)5-9(10)18-2/h3-5,7,11,13H,6H2,1-2H3. The van der Waals surface area contributed by atoms with Crippen LogP contribution in [-0.4, -0.2) is 38.2 Å². The maximum Gasteiger partial charge on any atom is 0.273 e. The van der Waals surface area contributed by atoms with Gasteiger partial charge in [0.15, 0.2) is 0 Å². The highest BCUT2D eigenvalue weighted by Gasteiger charge is 2.22. The Morgan fingerprint density at radius 1 is 1.53 bits per heavy atom. The lowest BCUT2D eigenvalue weighted by Crippen LogP contribution is -2.30. The molecule has 1 unspecified atom stereocenters. The molecule has 1 aromatic rings. The van der Waals surface area contributed by atoms with Gasteiger partial charge in [-0.3, -0.25) is 10.1 Å². The van der Waals surface area contributed by atoms with Gasteiger partial charge in [0.25, 0.3) is 5.69 Å². The summed E-state index contributed by atoms with van der Waals surface area (Å²) in [7, 11) is -2.68. The first kappa shape index (κ1) is 15.3. The van der Waals surface area contributed by atoms with Crippen molar-refractivity contribution in [2.75, 3.05) is 13.7 Å². The molecule has 1 rings (SSSR count). The molecule has 0 aliphatic carbocycles. The molecule has 0 bridgehead atoms. The zero-order valence-electron chi connectivity index (χ0n) is 10.4. The molecule has 0 radical (unpaired) electrons. The van der Waals surface area contributed by atoms with Crippen LogP contribution in [0.1, 0.15) is 6.92 Å². The number of nitrogens with zero attached hydrogens (tertiary/aromatic N) is 1. The molecule has 1 atom stereocenters. The number of methoxy groups -OCH3 is 1. The first-order valence-electron chi connectivity index (χ1n) is 5.28. The van der Waals surface area contributed by atoms with Crippen molar-refractivity contribution in [2.24, 2.45) is 0 Å². The summed E-state index contributed by atoms with van der Waals surface area (Å²) in [6.07, 6.45) is -0.848. The number of rotatable bonds is 6. The third-order valence-electron chi connectivity index (χ3n) is 2.22. The van der Waals surface area contributed by atoms with Crippen LogP contribution in [0.3, 0.4) is 0 Å². The number of aliphatic hydroxyl groups excluding tert-OH is 1. The number of nitro benzene ring substituents is 1. The molecule has 0 aromatic heterocycles. The van der Waals surface area contributed by atoms with E-state index in [1.165, 1.54) is 14.0 Å². The quantitative estimate of drug-likeness (QED) is 0.573. The van der Waals surface area contributed by atoms with Gasteiger partial charge in [0.1, 0.15) is 10.6 Å². The average Bonchev–Trinajstić information content (AvgIpc) is 2.35. The topological polar surface area (TPSA) is 119 Å². The SMILES string of the molecule is COc1cc([N+](=O)[O-])ccc1S(=O)(=O)NCC(C)O. The van der Waals surface area contributed by atoms with E-state index in [2.05, 4.69) is 4.72 Å². The minimum absolute atomic E-state index is 0.132. The van der Waals surface area contributed by atoms with Gasteiger partial charge in [0.05, 0.1) is 24.2 Å². The van der Waals surface area contributed by atoms with E-state index in [0.29, 0.717) is 0 Å². The smallest absolute Gasteiger partial charge is 0.273 e. The van der Waals surface area contributed by atoms with Gasteiger partial charge in [-0.05, 0) is 13.0 Å². The molecule has 0 aliphatic heterocycles. The summed E-state index contributed by atoms with van der Waals surface area (Å²) in [5.74, 6) is -0.132. The number of sulfonamides is 1. The highest BCUT2D eigenvalue weighted by atomic mass is 32.2. The Hall–Kier alpha value is -1.71. The molecule has 0 aliphatic rings. The molecular formula is C10H14N2O6S. The van der Waals surface area contributed by atoms with Gasteiger partial charge in [-0.2, -0.15) is 0 Å². The summed E-state index contributed by atoms with van der Waals surface area (Å²) in [5.41, 5.74) is -0.272. The van der Waals surface area contributed by atoms with Crippen LogP contribution in [0.25, 0.3) is 0 Å². The van der Waals surface area contributed by atoms with Crippen molar-refractivity contribution in [3.05, 3.63) is 28.3 Å². The van der Waals surface area contributed by atoms with E-state index >= 15 is 0 Å². The van der Waals surface area contributed by atoms with E-state index in [1.54, 1.807) is 0 Å². The maximum atomic E-state index is 11.9. The fourth-order valence-corrected chi connectivity index (χ4v) is 2.57. The van der Waals surface area contributed by atoms with Crippen molar-refractivity contribution in [2.45, 2.75) is 17.9 Å². The number of nitro groups is 1. The number of hydrogen-bond donors (Lipinski definition) is 2. The van der Waals surface area contributed by atoms with Crippen LogP contribution in [0.2, 0.25) is 0 Å². The van der Waals surface area contributed by atoms with Gasteiger partial charge in [-0.25, -0.2) is 13.1 Å². The van der Waals surface area contributed by atoms with Crippen LogP contribution in [-0.2, 0) is 10.0 Å². The second-order valence-corrected chi connectivity index (χ2v) is 5.53.